The predicted molar refractivity (Wildman–Crippen MR) is 229 cm³/mol. The number of carboxylic acids is 1. The molecule has 0 aliphatic carbocycles. The number of ether oxygens (including phenoxy) is 1. The zero-order valence-electron chi connectivity index (χ0n) is 35.7. The van der Waals surface area contributed by atoms with Crippen LogP contribution in [0, 0.1) is 25.7 Å². The molecule has 4 aromatic rings. The van der Waals surface area contributed by atoms with Gasteiger partial charge in [0, 0.05) is 61.4 Å². The number of aromatic nitrogens is 2. The topological polar surface area (TPSA) is 248 Å². The highest BCUT2D eigenvalue weighted by molar-refractivity contribution is 6.01. The number of nitrogens with one attached hydrogen (secondary N) is 1. The van der Waals surface area contributed by atoms with Crippen LogP contribution >= 0.6 is 0 Å². The average molecular weight is 837 g/mol. The average Bonchev–Trinajstić information content (AvgIpc) is 3.19. The molecule has 1 aliphatic heterocycles. The molecule has 324 valence electrons. The number of fused-ring (bicyclic) bond motifs is 5. The van der Waals surface area contributed by atoms with Crippen molar-refractivity contribution in [1.29, 1.82) is 0 Å². The molecule has 0 saturated carbocycles. The Balaban J connectivity index is 1.53. The lowest BCUT2D eigenvalue weighted by atomic mass is 9.86. The lowest BCUT2D eigenvalue weighted by molar-refractivity contribution is -0.144. The molecule has 0 unspecified atom stereocenters. The molecule has 0 fully saturated rings. The van der Waals surface area contributed by atoms with Crippen LogP contribution in [0.15, 0.2) is 54.6 Å². The van der Waals surface area contributed by atoms with E-state index >= 15 is 0 Å². The lowest BCUT2D eigenvalue weighted by Crippen LogP contribution is -2.45. The maximum atomic E-state index is 14.6. The van der Waals surface area contributed by atoms with E-state index in [9.17, 15) is 39.3 Å². The number of aliphatic carboxylic acids is 1. The molecule has 15 heteroatoms. The fraction of sp³-hybridized carbons (Fsp3) is 0.413. The normalized spacial score (nSPS) is 17.5. The second-order valence-electron chi connectivity index (χ2n) is 16.8. The number of amides is 2. The van der Waals surface area contributed by atoms with Crippen LogP contribution < -0.4 is 21.5 Å². The Kier molecular flexibility index (Phi) is 14.3. The number of aromatic hydroxyl groups is 2. The number of Topliss-reactive ketones (excluding diaryl/α,β-unsaturated/α-hetero) is 2. The summed E-state index contributed by atoms with van der Waals surface area (Å²) in [4.78, 5) is 79.4. The minimum Gasteiger partial charge on any atom is -0.507 e. The Hall–Kier alpha value is -6.19. The molecule has 61 heavy (non-hydrogen) atoms. The lowest BCUT2D eigenvalue weighted by Gasteiger charge is -2.32. The number of ketones is 2. The van der Waals surface area contributed by atoms with Crippen molar-refractivity contribution in [3.05, 3.63) is 88.2 Å². The number of carbonyl (C=O) groups excluding carboxylic acids is 4. The van der Waals surface area contributed by atoms with Gasteiger partial charge in [0.05, 0.1) is 17.0 Å². The Morgan fingerprint density at radius 2 is 1.59 bits per heavy atom. The van der Waals surface area contributed by atoms with Crippen LogP contribution in [-0.4, -0.2) is 92.3 Å². The van der Waals surface area contributed by atoms with E-state index in [1.165, 1.54) is 49.2 Å². The third-order valence-corrected chi connectivity index (χ3v) is 11.0. The van der Waals surface area contributed by atoms with Gasteiger partial charge in [-0.05, 0) is 73.2 Å². The molecule has 4 atom stereocenters. The van der Waals surface area contributed by atoms with Crippen molar-refractivity contribution in [2.75, 3.05) is 26.7 Å². The first-order valence-corrected chi connectivity index (χ1v) is 20.3. The number of carboxylic acid groups (broad SMARTS) is 1. The molecule has 8 N–H and O–H groups in total. The van der Waals surface area contributed by atoms with Gasteiger partial charge in [0.2, 0.25) is 11.8 Å². The number of phenols is 2. The Morgan fingerprint density at radius 1 is 0.934 bits per heavy atom. The van der Waals surface area contributed by atoms with Gasteiger partial charge in [-0.2, -0.15) is 0 Å². The van der Waals surface area contributed by atoms with E-state index < -0.39 is 59.7 Å². The van der Waals surface area contributed by atoms with Crippen molar-refractivity contribution < 1.29 is 44.0 Å². The Morgan fingerprint density at radius 3 is 2.18 bits per heavy atom. The number of benzene rings is 3. The summed E-state index contributed by atoms with van der Waals surface area (Å²) >= 11 is 0. The highest BCUT2D eigenvalue weighted by Gasteiger charge is 2.36. The van der Waals surface area contributed by atoms with Crippen LogP contribution in [0.4, 0.5) is 0 Å². The quantitative estimate of drug-likeness (QED) is 0.104. The van der Waals surface area contributed by atoms with Crippen molar-refractivity contribution in [1.82, 2.24) is 20.2 Å². The van der Waals surface area contributed by atoms with Crippen LogP contribution in [0.3, 0.4) is 0 Å². The number of nitrogens with two attached hydrogens (primary N) is 2. The molecule has 3 aromatic carbocycles. The largest absolute Gasteiger partial charge is 0.507 e. The number of rotatable bonds is 12. The maximum absolute atomic E-state index is 14.6. The van der Waals surface area contributed by atoms with Crippen LogP contribution in [0.2, 0.25) is 0 Å². The molecule has 0 radical (unpaired) electrons. The molecule has 4 bridgehead atoms. The first-order valence-electron chi connectivity index (χ1n) is 20.3. The number of likely N-dealkylation sites (N-methyl/N-ethyl adjacent to an activating group) is 1. The van der Waals surface area contributed by atoms with Gasteiger partial charge in [-0.3, -0.25) is 19.2 Å². The van der Waals surface area contributed by atoms with Crippen molar-refractivity contribution in [3.63, 3.8) is 0 Å². The summed E-state index contributed by atoms with van der Waals surface area (Å²) in [6.07, 6.45) is -0.800. The molecule has 0 saturated heterocycles. The van der Waals surface area contributed by atoms with E-state index in [2.05, 4.69) is 36.1 Å². The molecular formula is C46H56N6O9. The van der Waals surface area contributed by atoms with Gasteiger partial charge in [-0.1, -0.05) is 58.0 Å². The smallest absolute Gasteiger partial charge is 0.326 e. The summed E-state index contributed by atoms with van der Waals surface area (Å²) in [7, 11) is 1.41. The van der Waals surface area contributed by atoms with Crippen molar-refractivity contribution in [3.8, 4) is 39.8 Å². The molecule has 1 aromatic heterocycles. The number of nitrogens with zero attached hydrogens (tertiary/aromatic N) is 3. The highest BCUT2D eigenvalue weighted by atomic mass is 16.5. The number of phenolic OH excluding ortho intramolecular Hbond substituents is 2. The van der Waals surface area contributed by atoms with E-state index in [0.717, 1.165) is 11.1 Å². The molecule has 5 rings (SSSR count). The number of hydrogen-bond donors (Lipinski definition) is 6. The summed E-state index contributed by atoms with van der Waals surface area (Å²) in [5.74, 6) is -5.86. The van der Waals surface area contributed by atoms with Gasteiger partial charge in [-0.15, -0.1) is 0 Å². The van der Waals surface area contributed by atoms with E-state index in [-0.39, 0.29) is 83.9 Å². The van der Waals surface area contributed by atoms with Gasteiger partial charge in [0.25, 0.3) is 0 Å². The van der Waals surface area contributed by atoms with E-state index in [4.69, 9.17) is 16.2 Å². The highest BCUT2D eigenvalue weighted by Crippen LogP contribution is 2.44. The van der Waals surface area contributed by atoms with Gasteiger partial charge in [-0.25, -0.2) is 14.8 Å². The summed E-state index contributed by atoms with van der Waals surface area (Å²) in [5.41, 5.74) is 15.4. The van der Waals surface area contributed by atoms with E-state index in [1.807, 2.05) is 24.3 Å². The molecule has 2 heterocycles. The van der Waals surface area contributed by atoms with Gasteiger partial charge >= 0.3 is 5.97 Å². The van der Waals surface area contributed by atoms with Crippen LogP contribution in [0.25, 0.3) is 22.5 Å². The second kappa shape index (κ2) is 19.0. The molecule has 1 aliphatic rings. The van der Waals surface area contributed by atoms with Gasteiger partial charge in [0.15, 0.2) is 28.9 Å². The maximum Gasteiger partial charge on any atom is 0.326 e. The molecular weight excluding hydrogens is 781 g/mol. The van der Waals surface area contributed by atoms with Crippen molar-refractivity contribution >= 4 is 29.4 Å². The van der Waals surface area contributed by atoms with Crippen LogP contribution in [-0.2, 0) is 31.0 Å². The number of hydrogen-bond acceptors (Lipinski definition) is 12. The Labute approximate surface area is 355 Å². The molecule has 0 spiro atoms. The first-order chi connectivity index (χ1) is 28.7. The summed E-state index contributed by atoms with van der Waals surface area (Å²) in [5, 5.41) is 35.2. The summed E-state index contributed by atoms with van der Waals surface area (Å²) in [6.45, 7) is 11.4. The first kappa shape index (κ1) is 45.9. The Bertz CT molecular complexity index is 2300. The third kappa shape index (κ3) is 10.4. The number of carbonyl (C=O) groups is 5. The zero-order chi connectivity index (χ0) is 44.9. The van der Waals surface area contributed by atoms with Crippen molar-refractivity contribution in [2.45, 2.75) is 84.7 Å². The summed E-state index contributed by atoms with van der Waals surface area (Å²) < 4.78 is 5.69. The summed E-state index contributed by atoms with van der Waals surface area (Å²) in [6, 6.07) is 12.3. The minimum absolute atomic E-state index is 0.00125. The zero-order valence-corrected chi connectivity index (χ0v) is 35.7. The third-order valence-electron chi connectivity index (χ3n) is 11.0. The van der Waals surface area contributed by atoms with E-state index in [0.29, 0.717) is 22.8 Å². The van der Waals surface area contributed by atoms with Crippen LogP contribution in [0.1, 0.15) is 91.4 Å². The van der Waals surface area contributed by atoms with Crippen molar-refractivity contribution in [2.24, 2.45) is 23.3 Å². The van der Waals surface area contributed by atoms with Gasteiger partial charge < -0.3 is 41.7 Å². The van der Waals surface area contributed by atoms with Crippen LogP contribution in [0.5, 0.6) is 17.2 Å². The van der Waals surface area contributed by atoms with Gasteiger partial charge in [0.1, 0.15) is 24.4 Å². The fourth-order valence-electron chi connectivity index (χ4n) is 7.71. The van der Waals surface area contributed by atoms with E-state index in [1.54, 1.807) is 13.8 Å². The molecule has 2 amide bonds. The fourth-order valence-corrected chi connectivity index (χ4v) is 7.71. The standard InChI is InChI=1S/C46H56N6O9/c1-24-18-37(55)40(29-10-13-35(53)32(22-29)33-19-27(20-34(45(59)60)51-43(24)57)21-38(41(33)56)61-17-16-48)52(7)44(58)30(14-15-47)23-36(54)39-25(2)49-42(50-26(39)3)28-8-11-31(12-9-28)46(4,5)6/h8-13,19,21-22,24,30,34,40,53,56H,14-18,20,23,47-48H2,1-7H3,(H,51,57)(H,59,60)/t24-,30-,34+,40+/m1/s1. The molecule has 15 nitrogen and oxygen atoms in total. The predicted octanol–water partition coefficient (Wildman–Crippen LogP) is 4.93. The minimum atomic E-state index is -1.43. The number of aryl methyl sites for hydroxylation is 2. The SMILES string of the molecule is Cc1nc(-c2ccc(C(C)(C)C)cc2)nc(C)c1C(=O)C[C@@H](CCN)C(=O)N(C)[C@@H]1C(=O)C[C@@H](C)C(=O)N[C@H](C(=O)O)Cc2cc(OCCN)c(O)c(c2)-c2cc1ccc2O. The monoisotopic (exact) mass is 836 g/mol. The second-order valence-corrected chi connectivity index (χ2v) is 16.8.